The molecular formula is C15H21BrN2O2. The van der Waals surface area contributed by atoms with Crippen LogP contribution in [0.15, 0.2) is 22.7 Å². The standard InChI is InChI=1S/C15H21BrN2O2/c1-17(2)10-11-5-7-18(8-6-11)14-4-3-12(15(19)20)9-13(14)16/h3-4,9,11H,5-8,10H2,1-2H3,(H,19,20). The van der Waals surface area contributed by atoms with Gasteiger partial charge >= 0.3 is 5.97 Å². The SMILES string of the molecule is CN(C)CC1CCN(c2ccc(C(=O)O)cc2Br)CC1. The first kappa shape index (κ1) is 15.3. The molecule has 1 aromatic carbocycles. The molecule has 0 radical (unpaired) electrons. The van der Waals surface area contributed by atoms with Gasteiger partial charge < -0.3 is 14.9 Å². The van der Waals surface area contributed by atoms with Gasteiger partial charge in [-0.15, -0.1) is 0 Å². The van der Waals surface area contributed by atoms with E-state index in [1.54, 1.807) is 12.1 Å². The Hall–Kier alpha value is -1.07. The normalized spacial score (nSPS) is 16.7. The number of carboxylic acid groups (broad SMARTS) is 1. The fraction of sp³-hybridized carbons (Fsp3) is 0.533. The molecule has 0 spiro atoms. The summed E-state index contributed by atoms with van der Waals surface area (Å²) in [5, 5.41) is 8.99. The van der Waals surface area contributed by atoms with E-state index in [-0.39, 0.29) is 0 Å². The molecule has 1 aromatic rings. The number of halogens is 1. The Morgan fingerprint density at radius 1 is 1.40 bits per heavy atom. The first-order chi connectivity index (χ1) is 9.47. The molecule has 1 fully saturated rings. The van der Waals surface area contributed by atoms with Gasteiger partial charge in [0, 0.05) is 24.1 Å². The summed E-state index contributed by atoms with van der Waals surface area (Å²) in [6.07, 6.45) is 2.37. The highest BCUT2D eigenvalue weighted by molar-refractivity contribution is 9.10. The zero-order valence-electron chi connectivity index (χ0n) is 12.0. The van der Waals surface area contributed by atoms with E-state index < -0.39 is 5.97 Å². The summed E-state index contributed by atoms with van der Waals surface area (Å²) >= 11 is 3.49. The van der Waals surface area contributed by atoms with E-state index in [1.807, 2.05) is 6.07 Å². The van der Waals surface area contributed by atoms with Gasteiger partial charge in [-0.2, -0.15) is 0 Å². The Bertz CT molecular complexity index is 483. The van der Waals surface area contributed by atoms with E-state index in [0.717, 1.165) is 35.7 Å². The number of anilines is 1. The third kappa shape index (κ3) is 3.73. The molecule has 2 rings (SSSR count). The lowest BCUT2D eigenvalue weighted by Gasteiger charge is -2.35. The molecule has 110 valence electrons. The van der Waals surface area contributed by atoms with Crippen LogP contribution < -0.4 is 4.90 Å². The summed E-state index contributed by atoms with van der Waals surface area (Å²) < 4.78 is 0.864. The predicted octanol–water partition coefficient (Wildman–Crippen LogP) is 2.93. The fourth-order valence-electron chi connectivity index (χ4n) is 2.77. The number of carbonyl (C=O) groups is 1. The highest BCUT2D eigenvalue weighted by Gasteiger charge is 2.21. The van der Waals surface area contributed by atoms with Gasteiger partial charge in [0.25, 0.3) is 0 Å². The molecule has 20 heavy (non-hydrogen) atoms. The monoisotopic (exact) mass is 340 g/mol. The zero-order valence-corrected chi connectivity index (χ0v) is 13.6. The van der Waals surface area contributed by atoms with Crippen LogP contribution in [-0.2, 0) is 0 Å². The fourth-order valence-corrected chi connectivity index (χ4v) is 3.40. The molecule has 1 aliphatic heterocycles. The summed E-state index contributed by atoms with van der Waals surface area (Å²) in [6, 6.07) is 5.26. The lowest BCUT2D eigenvalue weighted by Crippen LogP contribution is -2.37. The highest BCUT2D eigenvalue weighted by atomic mass is 79.9. The number of hydrogen-bond donors (Lipinski definition) is 1. The van der Waals surface area contributed by atoms with E-state index >= 15 is 0 Å². The Morgan fingerprint density at radius 3 is 2.55 bits per heavy atom. The van der Waals surface area contributed by atoms with Gasteiger partial charge in [0.1, 0.15) is 0 Å². The molecule has 1 aliphatic rings. The van der Waals surface area contributed by atoms with Gasteiger partial charge in [0.05, 0.1) is 11.3 Å². The van der Waals surface area contributed by atoms with Crippen LogP contribution in [0.1, 0.15) is 23.2 Å². The van der Waals surface area contributed by atoms with Crippen LogP contribution in [0.5, 0.6) is 0 Å². The topological polar surface area (TPSA) is 43.8 Å². The van der Waals surface area contributed by atoms with Crippen molar-refractivity contribution in [3.05, 3.63) is 28.2 Å². The lowest BCUT2D eigenvalue weighted by molar-refractivity contribution is 0.0697. The average molecular weight is 341 g/mol. The minimum Gasteiger partial charge on any atom is -0.478 e. The number of hydrogen-bond acceptors (Lipinski definition) is 3. The van der Waals surface area contributed by atoms with E-state index in [2.05, 4.69) is 39.8 Å². The zero-order chi connectivity index (χ0) is 14.7. The molecule has 0 bridgehead atoms. The molecule has 0 aromatic heterocycles. The second-order valence-electron chi connectivity index (χ2n) is 5.66. The molecule has 0 amide bonds. The van der Waals surface area contributed by atoms with Crippen LogP contribution in [0.3, 0.4) is 0 Å². The van der Waals surface area contributed by atoms with Crippen LogP contribution in [0.25, 0.3) is 0 Å². The second kappa shape index (κ2) is 6.59. The smallest absolute Gasteiger partial charge is 0.335 e. The summed E-state index contributed by atoms with van der Waals surface area (Å²) in [5.41, 5.74) is 1.42. The number of rotatable bonds is 4. The van der Waals surface area contributed by atoms with Crippen molar-refractivity contribution >= 4 is 27.6 Å². The van der Waals surface area contributed by atoms with E-state index in [0.29, 0.717) is 5.56 Å². The molecule has 1 heterocycles. The summed E-state index contributed by atoms with van der Waals surface area (Å²) in [4.78, 5) is 15.5. The van der Waals surface area contributed by atoms with Gasteiger partial charge in [-0.1, -0.05) is 0 Å². The molecule has 1 N–H and O–H groups in total. The van der Waals surface area contributed by atoms with Crippen molar-refractivity contribution in [2.45, 2.75) is 12.8 Å². The molecule has 0 saturated carbocycles. The molecule has 0 aliphatic carbocycles. The largest absolute Gasteiger partial charge is 0.478 e. The van der Waals surface area contributed by atoms with E-state index in [4.69, 9.17) is 5.11 Å². The third-order valence-electron chi connectivity index (χ3n) is 3.77. The average Bonchev–Trinajstić information content (AvgIpc) is 2.39. The van der Waals surface area contributed by atoms with Crippen molar-refractivity contribution in [2.75, 3.05) is 38.6 Å². The number of nitrogens with zero attached hydrogens (tertiary/aromatic N) is 2. The van der Waals surface area contributed by atoms with Crippen molar-refractivity contribution < 1.29 is 9.90 Å². The summed E-state index contributed by atoms with van der Waals surface area (Å²) in [5.74, 6) is -0.125. The predicted molar refractivity (Wildman–Crippen MR) is 84.6 cm³/mol. The maximum Gasteiger partial charge on any atom is 0.335 e. The van der Waals surface area contributed by atoms with Gasteiger partial charge in [-0.25, -0.2) is 4.79 Å². The number of piperidine rings is 1. The maximum absolute atomic E-state index is 10.9. The van der Waals surface area contributed by atoms with Crippen LogP contribution in [0.2, 0.25) is 0 Å². The minimum absolute atomic E-state index is 0.322. The summed E-state index contributed by atoms with van der Waals surface area (Å²) in [7, 11) is 4.24. The highest BCUT2D eigenvalue weighted by Crippen LogP contribution is 2.31. The molecule has 0 atom stereocenters. The molecule has 4 nitrogen and oxygen atoms in total. The van der Waals surface area contributed by atoms with Gasteiger partial charge in [-0.05, 0) is 67.0 Å². The van der Waals surface area contributed by atoms with E-state index in [1.165, 1.54) is 12.8 Å². The van der Waals surface area contributed by atoms with Crippen molar-refractivity contribution in [1.29, 1.82) is 0 Å². The second-order valence-corrected chi connectivity index (χ2v) is 6.52. The Kier molecular flexibility index (Phi) is 5.05. The minimum atomic E-state index is -0.887. The molecule has 5 heteroatoms. The maximum atomic E-state index is 10.9. The van der Waals surface area contributed by atoms with Gasteiger partial charge in [0.2, 0.25) is 0 Å². The van der Waals surface area contributed by atoms with E-state index in [9.17, 15) is 4.79 Å². The third-order valence-corrected chi connectivity index (χ3v) is 4.41. The lowest BCUT2D eigenvalue weighted by atomic mass is 9.96. The van der Waals surface area contributed by atoms with Crippen molar-refractivity contribution in [1.82, 2.24) is 4.90 Å². The Morgan fingerprint density at radius 2 is 2.05 bits per heavy atom. The Balaban J connectivity index is 2.02. The van der Waals surface area contributed by atoms with Gasteiger partial charge in [-0.3, -0.25) is 0 Å². The van der Waals surface area contributed by atoms with Crippen LogP contribution >= 0.6 is 15.9 Å². The number of carboxylic acids is 1. The van der Waals surface area contributed by atoms with Crippen molar-refractivity contribution in [3.63, 3.8) is 0 Å². The van der Waals surface area contributed by atoms with Crippen LogP contribution in [0, 0.1) is 5.92 Å². The number of aromatic carboxylic acids is 1. The van der Waals surface area contributed by atoms with Crippen LogP contribution in [0.4, 0.5) is 5.69 Å². The molecule has 1 saturated heterocycles. The Labute approximate surface area is 128 Å². The number of benzene rings is 1. The first-order valence-electron chi connectivity index (χ1n) is 6.90. The first-order valence-corrected chi connectivity index (χ1v) is 7.69. The van der Waals surface area contributed by atoms with Crippen LogP contribution in [-0.4, -0.2) is 49.7 Å². The molecule has 0 unspecified atom stereocenters. The molecular weight excluding hydrogens is 320 g/mol. The quantitative estimate of drug-likeness (QED) is 0.915. The summed E-state index contributed by atoms with van der Waals surface area (Å²) in [6.45, 7) is 3.21. The van der Waals surface area contributed by atoms with Gasteiger partial charge in [0.15, 0.2) is 0 Å². The van der Waals surface area contributed by atoms with Crippen molar-refractivity contribution in [2.24, 2.45) is 5.92 Å². The van der Waals surface area contributed by atoms with Crippen molar-refractivity contribution in [3.8, 4) is 0 Å².